The Bertz CT molecular complexity index is 213. The summed E-state index contributed by atoms with van der Waals surface area (Å²) < 4.78 is 29.7. The highest BCUT2D eigenvalue weighted by Gasteiger charge is 2.12. The minimum Gasteiger partial charge on any atom is -0.395 e. The lowest BCUT2D eigenvalue weighted by Gasteiger charge is -2.06. The SMILES string of the molecule is CC(O)COS(=O)(=O)ONCCO. The summed E-state index contributed by atoms with van der Waals surface area (Å²) in [7, 11) is -4.13. The Morgan fingerprint density at radius 3 is 2.62 bits per heavy atom. The molecule has 1 unspecified atom stereocenters. The molecule has 0 radical (unpaired) electrons. The highest BCUT2D eigenvalue weighted by Crippen LogP contribution is 1.94. The summed E-state index contributed by atoms with van der Waals surface area (Å²) in [5.74, 6) is 0. The van der Waals surface area contributed by atoms with Crippen molar-refractivity contribution in [3.63, 3.8) is 0 Å². The molecule has 0 bridgehead atoms. The van der Waals surface area contributed by atoms with Crippen molar-refractivity contribution in [3.05, 3.63) is 0 Å². The second kappa shape index (κ2) is 6.24. The average Bonchev–Trinajstić information content (AvgIpc) is 2.02. The van der Waals surface area contributed by atoms with Crippen LogP contribution in [-0.2, 0) is 18.9 Å². The highest BCUT2D eigenvalue weighted by molar-refractivity contribution is 7.81. The third kappa shape index (κ3) is 8.09. The molecule has 13 heavy (non-hydrogen) atoms. The Morgan fingerprint density at radius 1 is 1.54 bits per heavy atom. The summed E-state index contributed by atoms with van der Waals surface area (Å²) >= 11 is 0. The molecule has 0 aliphatic rings. The van der Waals surface area contributed by atoms with Crippen LogP contribution in [0.1, 0.15) is 6.92 Å². The molecule has 0 saturated heterocycles. The van der Waals surface area contributed by atoms with Crippen LogP contribution in [0.15, 0.2) is 0 Å². The van der Waals surface area contributed by atoms with Crippen LogP contribution in [0, 0.1) is 0 Å². The Kier molecular flexibility index (Phi) is 6.12. The number of hydrogen-bond donors (Lipinski definition) is 3. The molecular weight excluding hydrogens is 202 g/mol. The van der Waals surface area contributed by atoms with E-state index in [0.717, 1.165) is 0 Å². The summed E-state index contributed by atoms with van der Waals surface area (Å²) in [5, 5.41) is 16.9. The van der Waals surface area contributed by atoms with Gasteiger partial charge in [0.2, 0.25) is 0 Å². The molecule has 1 atom stereocenters. The van der Waals surface area contributed by atoms with Gasteiger partial charge >= 0.3 is 10.4 Å². The van der Waals surface area contributed by atoms with E-state index in [1.807, 2.05) is 5.48 Å². The van der Waals surface area contributed by atoms with E-state index in [0.29, 0.717) is 0 Å². The molecule has 3 N–H and O–H groups in total. The minimum absolute atomic E-state index is 0.0305. The third-order valence-corrected chi connectivity index (χ3v) is 1.58. The molecule has 7 nitrogen and oxygen atoms in total. The number of nitrogens with one attached hydrogen (secondary N) is 1. The van der Waals surface area contributed by atoms with Gasteiger partial charge < -0.3 is 10.2 Å². The molecule has 0 saturated carbocycles. The van der Waals surface area contributed by atoms with Gasteiger partial charge in [-0.25, -0.2) is 4.18 Å². The quantitative estimate of drug-likeness (QED) is 0.338. The smallest absolute Gasteiger partial charge is 0.395 e. The average molecular weight is 215 g/mol. The molecule has 0 fully saturated rings. The van der Waals surface area contributed by atoms with Crippen LogP contribution in [-0.4, -0.2) is 44.5 Å². The van der Waals surface area contributed by atoms with Gasteiger partial charge in [-0.2, -0.15) is 18.2 Å². The van der Waals surface area contributed by atoms with E-state index in [-0.39, 0.29) is 19.8 Å². The fraction of sp³-hybridized carbons (Fsp3) is 1.00. The van der Waals surface area contributed by atoms with E-state index >= 15 is 0 Å². The molecule has 0 spiro atoms. The Morgan fingerprint density at radius 2 is 2.15 bits per heavy atom. The van der Waals surface area contributed by atoms with Gasteiger partial charge in [-0.1, -0.05) is 0 Å². The maximum atomic E-state index is 10.7. The number of aliphatic hydroxyl groups excluding tert-OH is 2. The summed E-state index contributed by atoms with van der Waals surface area (Å²) in [6, 6.07) is 0. The molecule has 0 aromatic rings. The predicted molar refractivity (Wildman–Crippen MR) is 42.7 cm³/mol. The molecule has 0 aromatic heterocycles. The first-order valence-electron chi connectivity index (χ1n) is 3.57. The molecule has 0 aromatic carbocycles. The predicted octanol–water partition coefficient (Wildman–Crippen LogP) is -1.86. The van der Waals surface area contributed by atoms with Gasteiger partial charge in [0.05, 0.1) is 19.3 Å². The topological polar surface area (TPSA) is 105 Å². The maximum Gasteiger partial charge on any atom is 0.416 e. The van der Waals surface area contributed by atoms with E-state index in [1.54, 1.807) is 0 Å². The Balaban J connectivity index is 3.68. The van der Waals surface area contributed by atoms with Gasteiger partial charge in [-0.15, -0.1) is 0 Å². The Hall–Kier alpha value is -0.250. The third-order valence-electron chi connectivity index (χ3n) is 0.828. The number of rotatable bonds is 7. The van der Waals surface area contributed by atoms with Crippen molar-refractivity contribution >= 4 is 10.4 Å². The molecule has 0 amide bonds. The zero-order chi connectivity index (χ0) is 10.3. The zero-order valence-electron chi connectivity index (χ0n) is 7.13. The summed E-state index contributed by atoms with van der Waals surface area (Å²) in [6.45, 7) is 0.711. The normalized spacial score (nSPS) is 14.4. The lowest BCUT2D eigenvalue weighted by molar-refractivity contribution is 0.0897. The van der Waals surface area contributed by atoms with Crippen LogP contribution in [0.2, 0.25) is 0 Å². The van der Waals surface area contributed by atoms with Crippen molar-refractivity contribution in [1.82, 2.24) is 5.48 Å². The van der Waals surface area contributed by atoms with E-state index in [2.05, 4.69) is 8.47 Å². The van der Waals surface area contributed by atoms with Crippen LogP contribution >= 0.6 is 0 Å². The summed E-state index contributed by atoms with van der Waals surface area (Å²) in [6.07, 6.45) is -0.892. The van der Waals surface area contributed by atoms with Crippen molar-refractivity contribution in [3.8, 4) is 0 Å². The Labute approximate surface area is 76.6 Å². The first kappa shape index (κ1) is 12.8. The van der Waals surface area contributed by atoms with Crippen LogP contribution in [0.3, 0.4) is 0 Å². The van der Waals surface area contributed by atoms with E-state index < -0.39 is 16.5 Å². The van der Waals surface area contributed by atoms with Gasteiger partial charge in [0.15, 0.2) is 0 Å². The number of hydrogen-bond acceptors (Lipinski definition) is 7. The molecular formula is C5H13NO6S. The van der Waals surface area contributed by atoms with Crippen molar-refractivity contribution in [1.29, 1.82) is 0 Å². The molecule has 0 aliphatic carbocycles. The van der Waals surface area contributed by atoms with Crippen LogP contribution in [0.25, 0.3) is 0 Å². The largest absolute Gasteiger partial charge is 0.416 e. The van der Waals surface area contributed by atoms with Crippen molar-refractivity contribution in [2.24, 2.45) is 0 Å². The first-order chi connectivity index (χ1) is 5.98. The molecule has 80 valence electrons. The van der Waals surface area contributed by atoms with Crippen LogP contribution in [0.5, 0.6) is 0 Å². The standard InChI is InChI=1S/C5H13NO6S/c1-5(8)4-11-13(9,10)12-6-2-3-7/h5-8H,2-4H2,1H3. The monoisotopic (exact) mass is 215 g/mol. The lowest BCUT2D eigenvalue weighted by Crippen LogP contribution is -2.26. The highest BCUT2D eigenvalue weighted by atomic mass is 32.3. The molecule has 0 rings (SSSR count). The van der Waals surface area contributed by atoms with E-state index in [9.17, 15) is 8.42 Å². The van der Waals surface area contributed by atoms with Gasteiger partial charge in [-0.3, -0.25) is 0 Å². The lowest BCUT2D eigenvalue weighted by atomic mass is 10.5. The number of aliphatic hydroxyl groups is 2. The van der Waals surface area contributed by atoms with Crippen LogP contribution in [0.4, 0.5) is 0 Å². The van der Waals surface area contributed by atoms with Crippen molar-refractivity contribution < 1.29 is 27.1 Å². The van der Waals surface area contributed by atoms with E-state index in [1.165, 1.54) is 6.92 Å². The maximum absolute atomic E-state index is 10.7. The van der Waals surface area contributed by atoms with Gasteiger partial charge in [0.1, 0.15) is 0 Å². The van der Waals surface area contributed by atoms with Crippen molar-refractivity contribution in [2.45, 2.75) is 13.0 Å². The second-order valence-corrected chi connectivity index (χ2v) is 3.46. The first-order valence-corrected chi connectivity index (χ1v) is 4.91. The summed E-state index contributed by atoms with van der Waals surface area (Å²) in [5.41, 5.74) is 1.95. The number of hydroxylamine groups is 1. The second-order valence-electron chi connectivity index (χ2n) is 2.24. The summed E-state index contributed by atoms with van der Waals surface area (Å²) in [4.78, 5) is 0. The fourth-order valence-electron chi connectivity index (χ4n) is 0.365. The minimum atomic E-state index is -4.13. The fourth-order valence-corrected chi connectivity index (χ4v) is 1.00. The molecule has 0 heterocycles. The molecule has 8 heteroatoms. The van der Waals surface area contributed by atoms with Gasteiger partial charge in [-0.05, 0) is 6.92 Å². The zero-order valence-corrected chi connectivity index (χ0v) is 7.95. The molecule has 0 aliphatic heterocycles. The van der Waals surface area contributed by atoms with Gasteiger partial charge in [0.25, 0.3) is 0 Å². The van der Waals surface area contributed by atoms with E-state index in [4.69, 9.17) is 10.2 Å². The van der Waals surface area contributed by atoms with Gasteiger partial charge in [0, 0.05) is 6.54 Å². The van der Waals surface area contributed by atoms with Crippen molar-refractivity contribution in [2.75, 3.05) is 19.8 Å². The van der Waals surface area contributed by atoms with Crippen LogP contribution < -0.4 is 5.48 Å².